The molecule has 172 valence electrons. The van der Waals surface area contributed by atoms with Crippen molar-refractivity contribution < 1.29 is 23.8 Å². The Balaban J connectivity index is 1.77. The Morgan fingerprint density at radius 1 is 1.09 bits per heavy atom. The minimum Gasteiger partial charge on any atom is -0.497 e. The first-order valence-electron chi connectivity index (χ1n) is 10.3. The first-order chi connectivity index (χ1) is 15.9. The number of nitrogens with zero attached hydrogens (tertiary/aromatic N) is 2. The van der Waals surface area contributed by atoms with Crippen molar-refractivity contribution in [3.63, 3.8) is 0 Å². The summed E-state index contributed by atoms with van der Waals surface area (Å²) in [5.41, 5.74) is 1.46. The lowest BCUT2D eigenvalue weighted by molar-refractivity contribution is -0.123. The number of hydrogen-bond acceptors (Lipinski definition) is 7. The van der Waals surface area contributed by atoms with Crippen LogP contribution in [0.1, 0.15) is 28.5 Å². The second kappa shape index (κ2) is 10.9. The molecular formula is C24H25N3O6. The Bertz CT molecular complexity index is 1200. The number of benzene rings is 2. The van der Waals surface area contributed by atoms with Gasteiger partial charge in [-0.2, -0.15) is 9.78 Å². The lowest BCUT2D eigenvalue weighted by Crippen LogP contribution is -2.30. The van der Waals surface area contributed by atoms with E-state index in [4.69, 9.17) is 14.2 Å². The van der Waals surface area contributed by atoms with E-state index < -0.39 is 24.0 Å². The molecule has 0 saturated carbocycles. The second-order valence-corrected chi connectivity index (χ2v) is 7.03. The molecule has 33 heavy (non-hydrogen) atoms. The van der Waals surface area contributed by atoms with E-state index in [-0.39, 0.29) is 24.6 Å². The molecule has 1 N–H and O–H groups in total. The Labute approximate surface area is 190 Å². The molecule has 0 unspecified atom stereocenters. The van der Waals surface area contributed by atoms with Crippen LogP contribution in [0.2, 0.25) is 0 Å². The van der Waals surface area contributed by atoms with Crippen LogP contribution in [0.15, 0.2) is 59.4 Å². The maximum absolute atomic E-state index is 12.7. The summed E-state index contributed by atoms with van der Waals surface area (Å²) in [5, 5.41) is 6.89. The van der Waals surface area contributed by atoms with Crippen LogP contribution in [-0.2, 0) is 16.1 Å². The molecule has 1 aromatic heterocycles. The number of aryl methyl sites for hydroxylation is 1. The lowest BCUT2D eigenvalue weighted by Gasteiger charge is -2.13. The zero-order chi connectivity index (χ0) is 23.8. The van der Waals surface area contributed by atoms with Crippen LogP contribution in [0, 0.1) is 6.92 Å². The van der Waals surface area contributed by atoms with Crippen molar-refractivity contribution in [1.82, 2.24) is 15.1 Å². The van der Waals surface area contributed by atoms with Gasteiger partial charge in [-0.25, -0.2) is 4.79 Å². The van der Waals surface area contributed by atoms with Gasteiger partial charge in [0, 0.05) is 6.54 Å². The topological polar surface area (TPSA) is 109 Å². The van der Waals surface area contributed by atoms with Crippen molar-refractivity contribution >= 4 is 11.9 Å². The first kappa shape index (κ1) is 23.5. The molecule has 1 heterocycles. The van der Waals surface area contributed by atoms with E-state index >= 15 is 0 Å². The zero-order valence-corrected chi connectivity index (χ0v) is 18.7. The molecular weight excluding hydrogens is 426 g/mol. The predicted molar refractivity (Wildman–Crippen MR) is 121 cm³/mol. The first-order valence-corrected chi connectivity index (χ1v) is 10.3. The number of carbonyl (C=O) groups excluding carboxylic acids is 2. The van der Waals surface area contributed by atoms with Gasteiger partial charge in [-0.3, -0.25) is 9.59 Å². The Kier molecular flexibility index (Phi) is 7.80. The van der Waals surface area contributed by atoms with E-state index in [0.29, 0.717) is 11.4 Å². The molecule has 1 amide bonds. The van der Waals surface area contributed by atoms with Gasteiger partial charge in [0.25, 0.3) is 11.5 Å². The van der Waals surface area contributed by atoms with Crippen LogP contribution in [-0.4, -0.2) is 42.0 Å². The zero-order valence-electron chi connectivity index (χ0n) is 18.7. The molecule has 0 spiro atoms. The number of esters is 1. The molecule has 2 aromatic carbocycles. The van der Waals surface area contributed by atoms with Crippen molar-refractivity contribution in [3.05, 3.63) is 81.8 Å². The molecule has 3 rings (SSSR count). The summed E-state index contributed by atoms with van der Waals surface area (Å²) < 4.78 is 16.8. The number of para-hydroxylation sites is 1. The second-order valence-electron chi connectivity index (χ2n) is 7.03. The fourth-order valence-electron chi connectivity index (χ4n) is 3.04. The van der Waals surface area contributed by atoms with Gasteiger partial charge in [-0.15, -0.1) is 0 Å². The Morgan fingerprint density at radius 2 is 1.88 bits per heavy atom. The summed E-state index contributed by atoms with van der Waals surface area (Å²) in [5.74, 6) is -0.639. The van der Waals surface area contributed by atoms with Crippen molar-refractivity contribution in [2.24, 2.45) is 0 Å². The quantitative estimate of drug-likeness (QED) is 0.498. The van der Waals surface area contributed by atoms with Gasteiger partial charge in [-0.1, -0.05) is 30.3 Å². The highest BCUT2D eigenvalue weighted by Gasteiger charge is 2.21. The average molecular weight is 451 g/mol. The number of ether oxygens (including phenoxy) is 3. The molecule has 9 heteroatoms. The fourth-order valence-corrected chi connectivity index (χ4v) is 3.04. The minimum atomic E-state index is -0.758. The minimum absolute atomic E-state index is 0.116. The van der Waals surface area contributed by atoms with E-state index in [1.807, 2.05) is 31.2 Å². The number of hydrogen-bond donors (Lipinski definition) is 1. The van der Waals surface area contributed by atoms with Crippen LogP contribution in [0.25, 0.3) is 5.69 Å². The molecule has 9 nitrogen and oxygen atoms in total. The number of carbonyl (C=O) groups is 2. The van der Waals surface area contributed by atoms with Crippen molar-refractivity contribution in [1.29, 1.82) is 0 Å². The van der Waals surface area contributed by atoms with Gasteiger partial charge < -0.3 is 19.5 Å². The molecule has 0 saturated heterocycles. The number of nitrogens with one attached hydrogen (secondary N) is 1. The van der Waals surface area contributed by atoms with Crippen LogP contribution in [0.4, 0.5) is 0 Å². The SMILES string of the molecule is CCOC(=O)c1nn(-c2ccccc2C)c(=O)cc1OCC(=O)NCc1cccc(OC)c1. The van der Waals surface area contributed by atoms with Crippen molar-refractivity contribution in [3.8, 4) is 17.2 Å². The number of methoxy groups -OCH3 is 1. The van der Waals surface area contributed by atoms with Crippen molar-refractivity contribution in [2.75, 3.05) is 20.3 Å². The van der Waals surface area contributed by atoms with Gasteiger partial charge in [-0.05, 0) is 43.2 Å². The molecule has 0 aliphatic carbocycles. The average Bonchev–Trinajstić information content (AvgIpc) is 2.82. The molecule has 0 radical (unpaired) electrons. The Morgan fingerprint density at radius 3 is 2.61 bits per heavy atom. The molecule has 0 fully saturated rings. The standard InChI is InChI=1S/C24H25N3O6/c1-4-32-24(30)23-20(13-22(29)27(26-23)19-11-6-5-8-16(19)2)33-15-21(28)25-14-17-9-7-10-18(12-17)31-3/h5-13H,4,14-15H2,1-3H3,(H,25,28). The third-order valence-electron chi connectivity index (χ3n) is 4.69. The fraction of sp³-hybridized carbons (Fsp3) is 0.250. The summed E-state index contributed by atoms with van der Waals surface area (Å²) in [6, 6.07) is 15.5. The highest BCUT2D eigenvalue weighted by Crippen LogP contribution is 2.18. The van der Waals surface area contributed by atoms with Crippen LogP contribution in [0.5, 0.6) is 11.5 Å². The van der Waals surface area contributed by atoms with Gasteiger partial charge in [0.15, 0.2) is 12.4 Å². The monoisotopic (exact) mass is 451 g/mol. The van der Waals surface area contributed by atoms with Crippen LogP contribution in [0.3, 0.4) is 0 Å². The van der Waals surface area contributed by atoms with Gasteiger partial charge in [0.05, 0.1) is 25.5 Å². The van der Waals surface area contributed by atoms with Crippen LogP contribution < -0.4 is 20.3 Å². The van der Waals surface area contributed by atoms with Gasteiger partial charge >= 0.3 is 5.97 Å². The Hall–Kier alpha value is -4.14. The highest BCUT2D eigenvalue weighted by atomic mass is 16.5. The summed E-state index contributed by atoms with van der Waals surface area (Å²) in [6.07, 6.45) is 0. The number of rotatable bonds is 9. The normalized spacial score (nSPS) is 10.4. The van der Waals surface area contributed by atoms with Crippen LogP contribution >= 0.6 is 0 Å². The maximum atomic E-state index is 12.7. The molecule has 0 bridgehead atoms. The summed E-state index contributed by atoms with van der Waals surface area (Å²) in [4.78, 5) is 37.4. The molecule has 3 aromatic rings. The third kappa shape index (κ3) is 5.97. The van der Waals surface area contributed by atoms with E-state index in [0.717, 1.165) is 21.9 Å². The molecule has 0 aliphatic heterocycles. The van der Waals surface area contributed by atoms with E-state index in [2.05, 4.69) is 10.4 Å². The third-order valence-corrected chi connectivity index (χ3v) is 4.69. The maximum Gasteiger partial charge on any atom is 0.362 e. The van der Waals surface area contributed by atoms with E-state index in [1.165, 1.54) is 0 Å². The summed E-state index contributed by atoms with van der Waals surface area (Å²) in [6.45, 7) is 3.44. The van der Waals surface area contributed by atoms with E-state index in [9.17, 15) is 14.4 Å². The lowest BCUT2D eigenvalue weighted by atomic mass is 10.2. The van der Waals surface area contributed by atoms with Crippen molar-refractivity contribution in [2.45, 2.75) is 20.4 Å². The molecule has 0 atom stereocenters. The predicted octanol–water partition coefficient (Wildman–Crippen LogP) is 2.42. The summed E-state index contributed by atoms with van der Waals surface area (Å²) in [7, 11) is 1.56. The largest absolute Gasteiger partial charge is 0.497 e. The number of amides is 1. The highest BCUT2D eigenvalue weighted by molar-refractivity contribution is 5.90. The molecule has 0 aliphatic rings. The van der Waals surface area contributed by atoms with Gasteiger partial charge in [0.2, 0.25) is 5.69 Å². The smallest absolute Gasteiger partial charge is 0.362 e. The summed E-state index contributed by atoms with van der Waals surface area (Å²) >= 11 is 0. The van der Waals surface area contributed by atoms with E-state index in [1.54, 1.807) is 38.3 Å². The number of aromatic nitrogens is 2. The van der Waals surface area contributed by atoms with Gasteiger partial charge in [0.1, 0.15) is 5.75 Å².